The first kappa shape index (κ1) is 16.3. The molecule has 1 aliphatic rings. The number of nitrogens with zero attached hydrogens (tertiary/aromatic N) is 1. The molecule has 2 aromatic rings. The summed E-state index contributed by atoms with van der Waals surface area (Å²) in [6.07, 6.45) is 7.38. The van der Waals surface area contributed by atoms with Gasteiger partial charge in [0.25, 0.3) is 0 Å². The van der Waals surface area contributed by atoms with Crippen molar-refractivity contribution in [1.82, 2.24) is 4.98 Å². The number of rotatable bonds is 0. The summed E-state index contributed by atoms with van der Waals surface area (Å²) in [5, 5.41) is 10.1. The maximum Gasteiger partial charge on any atom is 0.117 e. The van der Waals surface area contributed by atoms with Crippen LogP contribution < -0.4 is 0 Å². The first-order chi connectivity index (χ1) is 9.86. The summed E-state index contributed by atoms with van der Waals surface area (Å²) in [5.74, 6) is 1.28. The van der Waals surface area contributed by atoms with Crippen LogP contribution in [-0.2, 0) is 0 Å². The van der Waals surface area contributed by atoms with Gasteiger partial charge in [-0.2, -0.15) is 0 Å². The Morgan fingerprint density at radius 1 is 1.14 bits per heavy atom. The third-order valence-electron chi connectivity index (χ3n) is 4.31. The van der Waals surface area contributed by atoms with E-state index in [1.807, 2.05) is 13.0 Å². The van der Waals surface area contributed by atoms with Crippen molar-refractivity contribution in [2.75, 3.05) is 0 Å². The number of fused-ring (bicyclic) bond motifs is 1. The van der Waals surface area contributed by atoms with Gasteiger partial charge in [-0.05, 0) is 43.2 Å². The van der Waals surface area contributed by atoms with E-state index < -0.39 is 0 Å². The normalized spacial score (nSPS) is 16.6. The van der Waals surface area contributed by atoms with Crippen LogP contribution in [0.5, 0.6) is 5.75 Å². The second-order valence-electron chi connectivity index (χ2n) is 7.09. The quantitative estimate of drug-likeness (QED) is 0.655. The van der Waals surface area contributed by atoms with Gasteiger partial charge in [0.15, 0.2) is 0 Å². The van der Waals surface area contributed by atoms with Gasteiger partial charge >= 0.3 is 0 Å². The molecule has 3 heteroatoms. The molecule has 1 aromatic heterocycles. The Bertz CT molecular complexity index is 576. The van der Waals surface area contributed by atoms with Crippen molar-refractivity contribution in [1.29, 1.82) is 0 Å². The van der Waals surface area contributed by atoms with Crippen molar-refractivity contribution in [2.45, 2.75) is 59.8 Å². The Morgan fingerprint density at radius 3 is 2.38 bits per heavy atom. The standard InChI is InChI=1S/C10H20.C8H7NOS/c1-10(2,3)9-7-5-4-6-8-9;1-5-9-7-4-6(10)2-3-8(7)11-5/h9H,4-8H2,1-3H3;2-4,10H,1H3. The zero-order valence-electron chi connectivity index (χ0n) is 13.6. The van der Waals surface area contributed by atoms with E-state index in [2.05, 4.69) is 25.8 Å². The van der Waals surface area contributed by atoms with E-state index in [4.69, 9.17) is 5.11 Å². The van der Waals surface area contributed by atoms with Crippen LogP contribution in [0.3, 0.4) is 0 Å². The number of benzene rings is 1. The average Bonchev–Trinajstić information content (AvgIpc) is 2.79. The highest BCUT2D eigenvalue weighted by Crippen LogP contribution is 2.37. The van der Waals surface area contributed by atoms with Crippen molar-refractivity contribution in [3.8, 4) is 5.75 Å². The van der Waals surface area contributed by atoms with Crippen LogP contribution in [0.1, 0.15) is 57.9 Å². The smallest absolute Gasteiger partial charge is 0.117 e. The summed E-state index contributed by atoms with van der Waals surface area (Å²) >= 11 is 1.64. The summed E-state index contributed by atoms with van der Waals surface area (Å²) in [6.45, 7) is 9.09. The molecule has 3 rings (SSSR count). The molecule has 1 N–H and O–H groups in total. The lowest BCUT2D eigenvalue weighted by molar-refractivity contribution is 0.180. The fraction of sp³-hybridized carbons (Fsp3) is 0.611. The molecular formula is C18H27NOS. The molecule has 0 spiro atoms. The molecular weight excluding hydrogens is 278 g/mol. The van der Waals surface area contributed by atoms with Crippen LogP contribution >= 0.6 is 11.3 Å². The molecule has 0 saturated heterocycles. The van der Waals surface area contributed by atoms with Gasteiger partial charge in [-0.3, -0.25) is 0 Å². The third-order valence-corrected chi connectivity index (χ3v) is 5.26. The van der Waals surface area contributed by atoms with Gasteiger partial charge in [0.1, 0.15) is 5.75 Å². The van der Waals surface area contributed by atoms with Gasteiger partial charge in [-0.25, -0.2) is 4.98 Å². The van der Waals surface area contributed by atoms with Gasteiger partial charge in [0, 0.05) is 6.07 Å². The number of aromatic nitrogens is 1. The molecule has 0 atom stereocenters. The predicted molar refractivity (Wildman–Crippen MR) is 92.1 cm³/mol. The number of hydrogen-bond acceptors (Lipinski definition) is 3. The molecule has 0 bridgehead atoms. The van der Waals surface area contributed by atoms with Crippen molar-refractivity contribution in [3.05, 3.63) is 23.2 Å². The van der Waals surface area contributed by atoms with Crippen LogP contribution in [-0.4, -0.2) is 10.1 Å². The molecule has 21 heavy (non-hydrogen) atoms. The lowest BCUT2D eigenvalue weighted by Crippen LogP contribution is -2.22. The average molecular weight is 305 g/mol. The third kappa shape index (κ3) is 4.70. The number of thiazole rings is 1. The van der Waals surface area contributed by atoms with Crippen molar-refractivity contribution in [2.24, 2.45) is 11.3 Å². The number of phenols is 1. The zero-order valence-corrected chi connectivity index (χ0v) is 14.5. The summed E-state index contributed by atoms with van der Waals surface area (Å²) in [5.41, 5.74) is 1.45. The molecule has 1 saturated carbocycles. The van der Waals surface area contributed by atoms with Gasteiger partial charge in [-0.1, -0.05) is 40.0 Å². The molecule has 0 aliphatic heterocycles. The molecule has 1 aliphatic carbocycles. The molecule has 0 unspecified atom stereocenters. The highest BCUT2D eigenvalue weighted by Gasteiger charge is 2.25. The Labute approximate surface area is 132 Å². The fourth-order valence-corrected chi connectivity index (χ4v) is 3.81. The highest BCUT2D eigenvalue weighted by atomic mass is 32.1. The molecule has 1 heterocycles. The topological polar surface area (TPSA) is 33.1 Å². The van der Waals surface area contributed by atoms with Gasteiger partial charge < -0.3 is 5.11 Å². The Kier molecular flexibility index (Phi) is 5.26. The van der Waals surface area contributed by atoms with Gasteiger partial charge in [0.2, 0.25) is 0 Å². The molecule has 116 valence electrons. The van der Waals surface area contributed by atoms with E-state index in [9.17, 15) is 0 Å². The summed E-state index contributed by atoms with van der Waals surface area (Å²) in [4.78, 5) is 4.23. The summed E-state index contributed by atoms with van der Waals surface area (Å²) in [6, 6.07) is 5.24. The predicted octanol–water partition coefficient (Wildman–Crippen LogP) is 5.92. The second-order valence-corrected chi connectivity index (χ2v) is 8.32. The largest absolute Gasteiger partial charge is 0.508 e. The lowest BCUT2D eigenvalue weighted by atomic mass is 9.72. The molecule has 0 radical (unpaired) electrons. The number of aryl methyl sites for hydroxylation is 1. The Morgan fingerprint density at radius 2 is 1.81 bits per heavy atom. The van der Waals surface area contributed by atoms with Crippen LogP contribution in [0.25, 0.3) is 10.2 Å². The summed E-state index contributed by atoms with van der Waals surface area (Å²) in [7, 11) is 0. The van der Waals surface area contributed by atoms with E-state index in [0.29, 0.717) is 5.41 Å². The molecule has 1 fully saturated rings. The van der Waals surface area contributed by atoms with E-state index >= 15 is 0 Å². The minimum Gasteiger partial charge on any atom is -0.508 e. The Balaban J connectivity index is 0.000000155. The van der Waals surface area contributed by atoms with Crippen LogP contribution in [0.15, 0.2) is 18.2 Å². The molecule has 0 amide bonds. The SMILES string of the molecule is CC(C)(C)C1CCCCC1.Cc1nc2cc(O)ccc2s1. The number of aromatic hydroxyl groups is 1. The fourth-order valence-electron chi connectivity index (χ4n) is 3.00. The van der Waals surface area contributed by atoms with E-state index in [1.54, 1.807) is 23.5 Å². The molecule has 1 aromatic carbocycles. The highest BCUT2D eigenvalue weighted by molar-refractivity contribution is 7.18. The monoisotopic (exact) mass is 305 g/mol. The minimum absolute atomic E-state index is 0.280. The van der Waals surface area contributed by atoms with Crippen LogP contribution in [0, 0.1) is 18.3 Å². The first-order valence-electron chi connectivity index (χ1n) is 7.92. The van der Waals surface area contributed by atoms with Crippen molar-refractivity contribution < 1.29 is 5.11 Å². The first-order valence-corrected chi connectivity index (χ1v) is 8.74. The lowest BCUT2D eigenvalue weighted by Gasteiger charge is -2.33. The number of hydrogen-bond donors (Lipinski definition) is 1. The maximum atomic E-state index is 9.10. The van der Waals surface area contributed by atoms with Crippen molar-refractivity contribution in [3.63, 3.8) is 0 Å². The zero-order chi connectivity index (χ0) is 15.5. The van der Waals surface area contributed by atoms with E-state index in [0.717, 1.165) is 21.1 Å². The maximum absolute atomic E-state index is 9.10. The van der Waals surface area contributed by atoms with Crippen LogP contribution in [0.4, 0.5) is 0 Å². The van der Waals surface area contributed by atoms with E-state index in [-0.39, 0.29) is 5.75 Å². The second kappa shape index (κ2) is 6.78. The van der Waals surface area contributed by atoms with Crippen LogP contribution in [0.2, 0.25) is 0 Å². The number of phenolic OH excluding ortho intramolecular Hbond substituents is 1. The molecule has 2 nitrogen and oxygen atoms in total. The minimum atomic E-state index is 0.280. The van der Waals surface area contributed by atoms with E-state index in [1.165, 1.54) is 32.1 Å². The summed E-state index contributed by atoms with van der Waals surface area (Å²) < 4.78 is 1.13. The van der Waals surface area contributed by atoms with Gasteiger partial charge in [-0.15, -0.1) is 11.3 Å². The van der Waals surface area contributed by atoms with Crippen molar-refractivity contribution >= 4 is 21.6 Å². The Hall–Kier alpha value is -1.09. The van der Waals surface area contributed by atoms with Gasteiger partial charge in [0.05, 0.1) is 15.2 Å².